The number of ether oxygens (including phenoxy) is 1. The minimum Gasteiger partial charge on any atom is -0.468 e. The minimum absolute atomic E-state index is 0.00440. The molecule has 23 heavy (non-hydrogen) atoms. The van der Waals surface area contributed by atoms with E-state index >= 15 is 0 Å². The molecule has 2 atom stereocenters. The number of fused-ring (bicyclic) bond motifs is 3. The molecule has 0 fully saturated rings. The summed E-state index contributed by atoms with van der Waals surface area (Å²) in [5.74, 6) is -0.208. The van der Waals surface area contributed by atoms with Gasteiger partial charge in [-0.15, -0.1) is 11.3 Å². The van der Waals surface area contributed by atoms with Gasteiger partial charge < -0.3 is 9.72 Å². The maximum atomic E-state index is 12.1. The van der Waals surface area contributed by atoms with Crippen molar-refractivity contribution in [3.05, 3.63) is 57.4 Å². The Hall–Kier alpha value is -2.11. The molecule has 0 saturated carbocycles. The van der Waals surface area contributed by atoms with E-state index in [2.05, 4.69) is 40.8 Å². The number of carbonyl (C=O) groups excluding carboxylic acids is 1. The maximum Gasteiger partial charge on any atom is 0.323 e. The van der Waals surface area contributed by atoms with Crippen molar-refractivity contribution in [2.75, 3.05) is 7.11 Å². The summed E-state index contributed by atoms with van der Waals surface area (Å²) in [6.07, 6.45) is 0.646. The zero-order chi connectivity index (χ0) is 16.0. The first-order valence-corrected chi connectivity index (χ1v) is 8.54. The van der Waals surface area contributed by atoms with E-state index in [9.17, 15) is 4.79 Å². The van der Waals surface area contributed by atoms with Crippen molar-refractivity contribution in [3.8, 4) is 0 Å². The van der Waals surface area contributed by atoms with Crippen molar-refractivity contribution in [2.45, 2.75) is 25.4 Å². The number of aromatic nitrogens is 1. The number of para-hydroxylation sites is 1. The highest BCUT2D eigenvalue weighted by Gasteiger charge is 2.35. The highest BCUT2D eigenvalue weighted by molar-refractivity contribution is 7.10. The number of hydrogen-bond donors (Lipinski definition) is 2. The van der Waals surface area contributed by atoms with Crippen LogP contribution in [0.3, 0.4) is 0 Å². The fourth-order valence-electron chi connectivity index (χ4n) is 3.42. The molecule has 1 aliphatic heterocycles. The fraction of sp³-hybridized carbons (Fsp3) is 0.278. The van der Waals surface area contributed by atoms with E-state index in [1.165, 1.54) is 28.5 Å². The summed E-state index contributed by atoms with van der Waals surface area (Å²) in [4.78, 5) is 16.9. The van der Waals surface area contributed by atoms with Crippen LogP contribution in [0.2, 0.25) is 0 Å². The number of hydrogen-bond acceptors (Lipinski definition) is 4. The standard InChI is InChI=1S/C18H18N2O2S/c1-10-7-8-23-17(10)16-15-12(9-14(20-16)18(21)22-2)11-5-3-4-6-13(11)19-15/h3-8,14,16,19-20H,9H2,1-2H3. The number of thiophene rings is 1. The average molecular weight is 326 g/mol. The Kier molecular flexibility index (Phi) is 3.47. The van der Waals surface area contributed by atoms with Gasteiger partial charge in [-0.3, -0.25) is 10.1 Å². The molecule has 4 nitrogen and oxygen atoms in total. The Morgan fingerprint density at radius 1 is 1.30 bits per heavy atom. The Balaban J connectivity index is 1.90. The molecule has 3 heterocycles. The van der Waals surface area contributed by atoms with Gasteiger partial charge in [0, 0.05) is 27.9 Å². The Morgan fingerprint density at radius 2 is 2.13 bits per heavy atom. The minimum atomic E-state index is -0.321. The third kappa shape index (κ3) is 2.28. The van der Waals surface area contributed by atoms with E-state index in [-0.39, 0.29) is 18.1 Å². The molecule has 0 aliphatic carbocycles. The lowest BCUT2D eigenvalue weighted by Crippen LogP contribution is -2.45. The second kappa shape index (κ2) is 5.51. The van der Waals surface area contributed by atoms with E-state index in [0.717, 1.165) is 11.2 Å². The molecule has 2 N–H and O–H groups in total. The van der Waals surface area contributed by atoms with Crippen LogP contribution in [0.4, 0.5) is 0 Å². The molecule has 0 radical (unpaired) electrons. The van der Waals surface area contributed by atoms with Gasteiger partial charge in [-0.1, -0.05) is 18.2 Å². The molecule has 1 aliphatic rings. The van der Waals surface area contributed by atoms with Crippen molar-refractivity contribution in [2.24, 2.45) is 0 Å². The Labute approximate surface area is 138 Å². The molecular weight excluding hydrogens is 308 g/mol. The average Bonchev–Trinajstić information content (AvgIpc) is 3.16. The van der Waals surface area contributed by atoms with Gasteiger partial charge in [0.25, 0.3) is 0 Å². The molecule has 1 aromatic carbocycles. The summed E-state index contributed by atoms with van der Waals surface area (Å²) < 4.78 is 4.98. The van der Waals surface area contributed by atoms with Gasteiger partial charge in [-0.25, -0.2) is 0 Å². The highest BCUT2D eigenvalue weighted by Crippen LogP contribution is 2.38. The molecule has 0 spiro atoms. The van der Waals surface area contributed by atoms with Gasteiger partial charge in [-0.2, -0.15) is 0 Å². The van der Waals surface area contributed by atoms with Crippen LogP contribution in [0.1, 0.15) is 27.7 Å². The molecule has 0 bridgehead atoms. The number of carbonyl (C=O) groups is 1. The van der Waals surface area contributed by atoms with Crippen molar-refractivity contribution in [1.82, 2.24) is 10.3 Å². The second-order valence-corrected chi connectivity index (χ2v) is 6.86. The predicted octanol–water partition coefficient (Wildman–Crippen LogP) is 3.31. The van der Waals surface area contributed by atoms with Crippen LogP contribution in [0, 0.1) is 6.92 Å². The zero-order valence-electron chi connectivity index (χ0n) is 13.1. The number of aryl methyl sites for hydroxylation is 1. The van der Waals surface area contributed by atoms with E-state index in [0.29, 0.717) is 6.42 Å². The SMILES string of the molecule is COC(=O)C1Cc2c([nH]c3ccccc23)C(c2sccc2C)N1. The van der Waals surface area contributed by atoms with E-state index in [4.69, 9.17) is 4.74 Å². The van der Waals surface area contributed by atoms with E-state index in [1.54, 1.807) is 11.3 Å². The van der Waals surface area contributed by atoms with E-state index < -0.39 is 0 Å². The lowest BCUT2D eigenvalue weighted by atomic mass is 9.92. The summed E-state index contributed by atoms with van der Waals surface area (Å²) in [7, 11) is 1.44. The molecule has 2 unspecified atom stereocenters. The molecule has 3 aromatic rings. The molecule has 0 saturated heterocycles. The lowest BCUT2D eigenvalue weighted by Gasteiger charge is -2.30. The molecule has 118 valence electrons. The third-order valence-corrected chi connectivity index (χ3v) is 5.64. The second-order valence-electron chi connectivity index (χ2n) is 5.91. The van der Waals surface area contributed by atoms with Crippen molar-refractivity contribution in [3.63, 3.8) is 0 Å². The van der Waals surface area contributed by atoms with Crippen LogP contribution in [0.5, 0.6) is 0 Å². The summed E-state index contributed by atoms with van der Waals surface area (Å²) in [6.45, 7) is 2.11. The molecule has 5 heteroatoms. The first kappa shape index (κ1) is 14.5. The molecule has 0 amide bonds. The smallest absolute Gasteiger partial charge is 0.323 e. The van der Waals surface area contributed by atoms with Gasteiger partial charge in [-0.05, 0) is 35.6 Å². The molecular formula is C18H18N2O2S. The van der Waals surface area contributed by atoms with Gasteiger partial charge in [0.2, 0.25) is 0 Å². The van der Waals surface area contributed by atoms with Gasteiger partial charge in [0.1, 0.15) is 6.04 Å². The quantitative estimate of drug-likeness (QED) is 0.710. The molecule has 2 aromatic heterocycles. The number of methoxy groups -OCH3 is 1. The number of aromatic amines is 1. The highest BCUT2D eigenvalue weighted by atomic mass is 32.1. The first-order valence-electron chi connectivity index (χ1n) is 7.66. The number of nitrogens with one attached hydrogen (secondary N) is 2. The van der Waals surface area contributed by atoms with Crippen LogP contribution >= 0.6 is 11.3 Å². The van der Waals surface area contributed by atoms with Crippen LogP contribution in [0.25, 0.3) is 10.9 Å². The van der Waals surface area contributed by atoms with Gasteiger partial charge in [0.05, 0.1) is 13.2 Å². The number of benzene rings is 1. The van der Waals surface area contributed by atoms with Crippen LogP contribution < -0.4 is 5.32 Å². The summed E-state index contributed by atoms with van der Waals surface area (Å²) in [5.41, 5.74) is 4.73. The van der Waals surface area contributed by atoms with Crippen LogP contribution in [0.15, 0.2) is 35.7 Å². The Bertz CT molecular complexity index is 880. The monoisotopic (exact) mass is 326 g/mol. The number of esters is 1. The lowest BCUT2D eigenvalue weighted by molar-refractivity contribution is -0.143. The number of H-pyrrole nitrogens is 1. The maximum absolute atomic E-state index is 12.1. The third-order valence-electron chi connectivity index (χ3n) is 4.56. The fourth-order valence-corrected chi connectivity index (χ4v) is 4.41. The molecule has 4 rings (SSSR count). The van der Waals surface area contributed by atoms with Crippen LogP contribution in [-0.2, 0) is 16.0 Å². The zero-order valence-corrected chi connectivity index (χ0v) is 13.9. The first-order chi connectivity index (χ1) is 11.2. The van der Waals surface area contributed by atoms with E-state index in [1.807, 2.05) is 12.1 Å². The van der Waals surface area contributed by atoms with Crippen molar-refractivity contribution in [1.29, 1.82) is 0 Å². The summed E-state index contributed by atoms with van der Waals surface area (Å²) in [6, 6.07) is 10.1. The van der Waals surface area contributed by atoms with Crippen molar-refractivity contribution < 1.29 is 9.53 Å². The summed E-state index contributed by atoms with van der Waals surface area (Å²) in [5, 5.41) is 6.75. The normalized spacial score (nSPS) is 20.4. The van der Waals surface area contributed by atoms with Gasteiger partial charge in [0.15, 0.2) is 0 Å². The largest absolute Gasteiger partial charge is 0.468 e. The van der Waals surface area contributed by atoms with Crippen LogP contribution in [-0.4, -0.2) is 24.1 Å². The van der Waals surface area contributed by atoms with Gasteiger partial charge >= 0.3 is 5.97 Å². The summed E-state index contributed by atoms with van der Waals surface area (Å²) >= 11 is 1.72. The Morgan fingerprint density at radius 3 is 2.87 bits per heavy atom. The van der Waals surface area contributed by atoms with Crippen molar-refractivity contribution >= 4 is 28.2 Å². The predicted molar refractivity (Wildman–Crippen MR) is 91.8 cm³/mol. The topological polar surface area (TPSA) is 54.1 Å². The number of rotatable bonds is 2.